The van der Waals surface area contributed by atoms with Gasteiger partial charge in [-0.1, -0.05) is 19.9 Å². The monoisotopic (exact) mass is 176 g/mol. The molecule has 0 bridgehead atoms. The van der Waals surface area contributed by atoms with Crippen molar-refractivity contribution in [1.82, 2.24) is 4.98 Å². The van der Waals surface area contributed by atoms with Crippen LogP contribution in [-0.4, -0.2) is 18.1 Å². The van der Waals surface area contributed by atoms with Crippen molar-refractivity contribution in [3.63, 3.8) is 0 Å². The highest BCUT2D eigenvalue weighted by Crippen LogP contribution is 2.27. The van der Waals surface area contributed by atoms with Gasteiger partial charge in [-0.05, 0) is 24.0 Å². The highest BCUT2D eigenvalue weighted by atomic mass is 15.2. The molecule has 0 amide bonds. The molecule has 0 unspecified atom stereocenters. The Hall–Kier alpha value is -1.05. The highest BCUT2D eigenvalue weighted by molar-refractivity contribution is 5.49. The lowest BCUT2D eigenvalue weighted by Gasteiger charge is -2.34. The van der Waals surface area contributed by atoms with Crippen LogP contribution in [0.5, 0.6) is 0 Å². The first-order chi connectivity index (χ1) is 6.29. The van der Waals surface area contributed by atoms with Crippen LogP contribution < -0.4 is 4.90 Å². The summed E-state index contributed by atoms with van der Waals surface area (Å²) < 4.78 is 0. The van der Waals surface area contributed by atoms with Gasteiger partial charge in [0.1, 0.15) is 5.82 Å². The molecule has 0 aliphatic carbocycles. The van der Waals surface area contributed by atoms with Crippen LogP contribution in [0.1, 0.15) is 31.7 Å². The van der Waals surface area contributed by atoms with Crippen molar-refractivity contribution >= 4 is 5.82 Å². The first-order valence-corrected chi connectivity index (χ1v) is 4.99. The summed E-state index contributed by atoms with van der Waals surface area (Å²) in [7, 11) is 0. The lowest BCUT2D eigenvalue weighted by atomic mass is 10.0. The van der Waals surface area contributed by atoms with E-state index in [1.54, 1.807) is 0 Å². The molecular formula is C11H16N2. The molecule has 0 aromatic carbocycles. The molecule has 2 nitrogen and oxygen atoms in total. The summed E-state index contributed by atoms with van der Waals surface area (Å²) in [6, 6.07) is 4.21. The molecule has 1 aliphatic rings. The van der Waals surface area contributed by atoms with Gasteiger partial charge in [0.05, 0.1) is 0 Å². The van der Waals surface area contributed by atoms with Crippen LogP contribution in [0.4, 0.5) is 5.82 Å². The van der Waals surface area contributed by atoms with Gasteiger partial charge in [-0.15, -0.1) is 0 Å². The van der Waals surface area contributed by atoms with E-state index in [1.165, 1.54) is 30.9 Å². The van der Waals surface area contributed by atoms with Gasteiger partial charge < -0.3 is 4.90 Å². The van der Waals surface area contributed by atoms with Crippen LogP contribution in [0.2, 0.25) is 0 Å². The van der Waals surface area contributed by atoms with Crippen molar-refractivity contribution in [3.05, 3.63) is 23.9 Å². The molecule has 1 aromatic rings. The zero-order valence-electron chi connectivity index (χ0n) is 8.33. The molecule has 0 radical (unpaired) electrons. The van der Waals surface area contributed by atoms with Gasteiger partial charge in [0.15, 0.2) is 0 Å². The van der Waals surface area contributed by atoms with Crippen LogP contribution in [0.25, 0.3) is 0 Å². The van der Waals surface area contributed by atoms with E-state index in [9.17, 15) is 0 Å². The van der Waals surface area contributed by atoms with E-state index < -0.39 is 0 Å². The average Bonchev–Trinajstić information content (AvgIpc) is 2.02. The fraction of sp³-hybridized carbons (Fsp3) is 0.545. The van der Waals surface area contributed by atoms with Crippen molar-refractivity contribution in [3.8, 4) is 0 Å². The predicted octanol–water partition coefficient (Wildman–Crippen LogP) is 2.42. The standard InChI is InChI=1S/C11H16N2/c1-9(2)10-5-3-6-12-11(10)13-7-4-8-13/h3,5-6,9H,4,7-8H2,1-2H3. The lowest BCUT2D eigenvalue weighted by Crippen LogP contribution is -2.38. The molecule has 1 aromatic heterocycles. The zero-order valence-corrected chi connectivity index (χ0v) is 8.33. The second-order valence-corrected chi connectivity index (χ2v) is 3.91. The zero-order chi connectivity index (χ0) is 9.26. The summed E-state index contributed by atoms with van der Waals surface area (Å²) in [4.78, 5) is 6.80. The van der Waals surface area contributed by atoms with Crippen LogP contribution in [0.3, 0.4) is 0 Å². The summed E-state index contributed by atoms with van der Waals surface area (Å²) in [6.45, 7) is 6.80. The van der Waals surface area contributed by atoms with Gasteiger partial charge in [-0.25, -0.2) is 4.98 Å². The summed E-state index contributed by atoms with van der Waals surface area (Å²) in [6.07, 6.45) is 3.20. The Bertz CT molecular complexity index is 290. The van der Waals surface area contributed by atoms with Crippen LogP contribution >= 0.6 is 0 Å². The first kappa shape index (κ1) is 8.54. The maximum absolute atomic E-state index is 4.45. The fourth-order valence-corrected chi connectivity index (χ4v) is 1.65. The number of rotatable bonds is 2. The largest absolute Gasteiger partial charge is 0.356 e. The van der Waals surface area contributed by atoms with E-state index >= 15 is 0 Å². The van der Waals surface area contributed by atoms with Gasteiger partial charge in [0.25, 0.3) is 0 Å². The molecule has 0 saturated carbocycles. The van der Waals surface area contributed by atoms with Gasteiger partial charge in [-0.3, -0.25) is 0 Å². The molecule has 13 heavy (non-hydrogen) atoms. The summed E-state index contributed by atoms with van der Waals surface area (Å²) in [5, 5.41) is 0. The van der Waals surface area contributed by atoms with E-state index in [4.69, 9.17) is 0 Å². The first-order valence-electron chi connectivity index (χ1n) is 4.99. The maximum atomic E-state index is 4.45. The van der Waals surface area contributed by atoms with Gasteiger partial charge in [-0.2, -0.15) is 0 Å². The minimum Gasteiger partial charge on any atom is -0.356 e. The Kier molecular flexibility index (Phi) is 2.21. The van der Waals surface area contributed by atoms with E-state index in [-0.39, 0.29) is 0 Å². The predicted molar refractivity (Wildman–Crippen MR) is 55.2 cm³/mol. The Morgan fingerprint density at radius 3 is 2.69 bits per heavy atom. The molecule has 0 N–H and O–H groups in total. The van der Waals surface area contributed by atoms with Crippen molar-refractivity contribution in [2.75, 3.05) is 18.0 Å². The van der Waals surface area contributed by atoms with Crippen molar-refractivity contribution < 1.29 is 0 Å². The van der Waals surface area contributed by atoms with E-state index in [2.05, 4.69) is 29.8 Å². The molecule has 1 aliphatic heterocycles. The van der Waals surface area contributed by atoms with Gasteiger partial charge >= 0.3 is 0 Å². The lowest BCUT2D eigenvalue weighted by molar-refractivity contribution is 0.603. The SMILES string of the molecule is CC(C)c1cccnc1N1CCC1. The van der Waals surface area contributed by atoms with Gasteiger partial charge in [0, 0.05) is 19.3 Å². The summed E-state index contributed by atoms with van der Waals surface area (Å²) >= 11 is 0. The second-order valence-electron chi connectivity index (χ2n) is 3.91. The number of hydrogen-bond donors (Lipinski definition) is 0. The number of nitrogens with zero attached hydrogens (tertiary/aromatic N) is 2. The number of aromatic nitrogens is 1. The molecule has 1 saturated heterocycles. The Balaban J connectivity index is 2.31. The van der Waals surface area contributed by atoms with Gasteiger partial charge in [0.2, 0.25) is 0 Å². The topological polar surface area (TPSA) is 16.1 Å². The average molecular weight is 176 g/mol. The molecule has 2 heteroatoms. The third kappa shape index (κ3) is 1.53. The smallest absolute Gasteiger partial charge is 0.131 e. The summed E-state index contributed by atoms with van der Waals surface area (Å²) in [5.74, 6) is 1.77. The van der Waals surface area contributed by atoms with Crippen LogP contribution in [0, 0.1) is 0 Å². The quantitative estimate of drug-likeness (QED) is 0.688. The van der Waals surface area contributed by atoms with E-state index in [0.29, 0.717) is 5.92 Å². The minimum absolute atomic E-state index is 0.573. The second kappa shape index (κ2) is 3.36. The third-order valence-corrected chi connectivity index (χ3v) is 2.59. The maximum Gasteiger partial charge on any atom is 0.131 e. The van der Waals surface area contributed by atoms with Crippen molar-refractivity contribution in [2.45, 2.75) is 26.2 Å². The number of hydrogen-bond acceptors (Lipinski definition) is 2. The molecule has 1 fully saturated rings. The molecule has 0 atom stereocenters. The number of anilines is 1. The molecule has 2 rings (SSSR count). The van der Waals surface area contributed by atoms with E-state index in [1.807, 2.05) is 12.3 Å². The van der Waals surface area contributed by atoms with Crippen molar-refractivity contribution in [2.24, 2.45) is 0 Å². The molecule has 70 valence electrons. The molecular weight excluding hydrogens is 160 g/mol. The van der Waals surface area contributed by atoms with Crippen LogP contribution in [0.15, 0.2) is 18.3 Å². The Morgan fingerprint density at radius 1 is 1.38 bits per heavy atom. The Morgan fingerprint density at radius 2 is 2.15 bits per heavy atom. The summed E-state index contributed by atoms with van der Waals surface area (Å²) in [5.41, 5.74) is 1.38. The third-order valence-electron chi connectivity index (χ3n) is 2.59. The fourth-order valence-electron chi connectivity index (χ4n) is 1.65. The Labute approximate surface area is 79.6 Å². The van der Waals surface area contributed by atoms with Crippen LogP contribution in [-0.2, 0) is 0 Å². The highest BCUT2D eigenvalue weighted by Gasteiger charge is 2.19. The van der Waals surface area contributed by atoms with Crippen molar-refractivity contribution in [1.29, 1.82) is 0 Å². The normalized spacial score (nSPS) is 16.1. The van der Waals surface area contributed by atoms with E-state index in [0.717, 1.165) is 0 Å². The minimum atomic E-state index is 0.573. The molecule has 0 spiro atoms. The number of pyridine rings is 1. The molecule has 2 heterocycles.